The van der Waals surface area contributed by atoms with Crippen molar-refractivity contribution in [2.75, 3.05) is 27.4 Å². The van der Waals surface area contributed by atoms with Gasteiger partial charge in [-0.2, -0.15) is 0 Å². The zero-order valence-electron chi connectivity index (χ0n) is 18.7. The Morgan fingerprint density at radius 3 is 1.20 bits per heavy atom. The van der Waals surface area contributed by atoms with Gasteiger partial charge >= 0.3 is 0 Å². The topological polar surface area (TPSA) is 61.0 Å². The summed E-state index contributed by atoms with van der Waals surface area (Å²) >= 11 is 0. The lowest BCUT2D eigenvalue weighted by Crippen LogP contribution is -2.12. The summed E-state index contributed by atoms with van der Waals surface area (Å²) in [5.41, 5.74) is 12.1. The molecule has 30 heavy (non-hydrogen) atoms. The Labute approximate surface area is 179 Å². The normalized spacial score (nSPS) is 10.2. The fourth-order valence-corrected chi connectivity index (χ4v) is 2.86. The molecule has 0 spiro atoms. The third-order valence-electron chi connectivity index (χ3n) is 4.32. The van der Waals surface area contributed by atoms with E-state index in [4.69, 9.17) is 19.1 Å². The maximum atomic E-state index is 5.78. The number of benzene rings is 2. The fraction of sp³-hybridized carbons (Fsp3) is 0.333. The minimum absolute atomic E-state index is 0.456. The van der Waals surface area contributed by atoms with E-state index in [9.17, 15) is 0 Å². The number of nitrogens with one attached hydrogen (secondary N) is 2. The summed E-state index contributed by atoms with van der Waals surface area (Å²) in [6.45, 7) is 9.04. The molecule has 0 aliphatic carbocycles. The van der Waals surface area contributed by atoms with Crippen LogP contribution in [-0.4, -0.2) is 27.4 Å². The van der Waals surface area contributed by atoms with Crippen molar-refractivity contribution >= 4 is 11.4 Å². The second-order valence-electron chi connectivity index (χ2n) is 7.11. The van der Waals surface area contributed by atoms with Crippen LogP contribution in [-0.2, 0) is 9.68 Å². The maximum absolute atomic E-state index is 5.78. The lowest BCUT2D eigenvalue weighted by atomic mass is 10.1. The molecule has 2 aromatic carbocycles. The van der Waals surface area contributed by atoms with E-state index in [1.165, 1.54) is 0 Å². The van der Waals surface area contributed by atoms with Crippen LogP contribution < -0.4 is 20.4 Å². The number of hydrogen-bond acceptors (Lipinski definition) is 6. The summed E-state index contributed by atoms with van der Waals surface area (Å²) in [7, 11) is 3.20. The van der Waals surface area contributed by atoms with Crippen molar-refractivity contribution in [2.24, 2.45) is 0 Å². The first-order valence-electron chi connectivity index (χ1n) is 9.85. The largest absolute Gasteiger partial charge is 0.490 e. The molecule has 6 heteroatoms. The van der Waals surface area contributed by atoms with Gasteiger partial charge in [0.25, 0.3) is 0 Å². The molecule has 6 nitrogen and oxygen atoms in total. The second kappa shape index (κ2) is 11.9. The molecule has 2 rings (SSSR count). The number of hydroxylamine groups is 2. The molecule has 0 saturated carbocycles. The number of rotatable bonds is 11. The molecule has 2 aromatic rings. The highest BCUT2D eigenvalue weighted by molar-refractivity contribution is 5.66. The Kier molecular flexibility index (Phi) is 9.25. The molecular formula is C24H32N2O4. The van der Waals surface area contributed by atoms with Crippen LogP contribution in [0.4, 0.5) is 0 Å². The highest BCUT2D eigenvalue weighted by atomic mass is 16.6. The van der Waals surface area contributed by atoms with E-state index in [0.29, 0.717) is 13.2 Å². The van der Waals surface area contributed by atoms with Gasteiger partial charge in [0.2, 0.25) is 0 Å². The van der Waals surface area contributed by atoms with E-state index in [1.54, 1.807) is 14.2 Å². The molecule has 0 aliphatic rings. The first kappa shape index (κ1) is 23.3. The van der Waals surface area contributed by atoms with E-state index >= 15 is 0 Å². The molecule has 0 fully saturated rings. The van der Waals surface area contributed by atoms with E-state index < -0.39 is 0 Å². The van der Waals surface area contributed by atoms with E-state index in [0.717, 1.165) is 45.2 Å². The van der Waals surface area contributed by atoms with Gasteiger partial charge in [0, 0.05) is 11.1 Å². The molecule has 0 aromatic heterocycles. The van der Waals surface area contributed by atoms with Crippen LogP contribution >= 0.6 is 0 Å². The minimum atomic E-state index is 0.456. The van der Waals surface area contributed by atoms with Gasteiger partial charge in [-0.25, -0.2) is 0 Å². The monoisotopic (exact) mass is 412 g/mol. The summed E-state index contributed by atoms with van der Waals surface area (Å²) in [6, 6.07) is 15.7. The lowest BCUT2D eigenvalue weighted by molar-refractivity contribution is 0.136. The molecule has 2 N–H and O–H groups in total. The van der Waals surface area contributed by atoms with Crippen LogP contribution in [0.3, 0.4) is 0 Å². The van der Waals surface area contributed by atoms with Crippen LogP contribution in [0.1, 0.15) is 38.8 Å². The molecule has 0 heterocycles. The Morgan fingerprint density at radius 1 is 0.600 bits per heavy atom. The lowest BCUT2D eigenvalue weighted by Gasteiger charge is -2.13. The minimum Gasteiger partial charge on any atom is -0.490 e. The molecule has 0 amide bonds. The maximum Gasteiger partial charge on any atom is 0.122 e. The van der Waals surface area contributed by atoms with Crippen LogP contribution in [0, 0.1) is 0 Å². The predicted molar refractivity (Wildman–Crippen MR) is 121 cm³/mol. The van der Waals surface area contributed by atoms with Gasteiger partial charge in [-0.15, -0.1) is 0 Å². The molecule has 0 saturated heterocycles. The molecule has 162 valence electrons. The molecular weight excluding hydrogens is 380 g/mol. The van der Waals surface area contributed by atoms with Crippen molar-refractivity contribution in [3.8, 4) is 11.5 Å². The van der Waals surface area contributed by atoms with Crippen LogP contribution in [0.25, 0.3) is 11.4 Å². The summed E-state index contributed by atoms with van der Waals surface area (Å²) in [5.74, 6) is 1.59. The Balaban J connectivity index is 1.85. The molecule has 0 unspecified atom stereocenters. The van der Waals surface area contributed by atoms with Crippen molar-refractivity contribution in [1.29, 1.82) is 0 Å². The van der Waals surface area contributed by atoms with E-state index in [-0.39, 0.29) is 0 Å². The van der Waals surface area contributed by atoms with Gasteiger partial charge < -0.3 is 9.47 Å². The Hall–Kier alpha value is -2.96. The smallest absolute Gasteiger partial charge is 0.122 e. The average molecular weight is 413 g/mol. The SMILES string of the molecule is CONC(=C(C)C)c1ccc(OCCOc2ccc(C(NOC)=C(C)C)cc2)cc1. The first-order valence-corrected chi connectivity index (χ1v) is 9.85. The second-order valence-corrected chi connectivity index (χ2v) is 7.11. The van der Waals surface area contributed by atoms with Crippen LogP contribution in [0.15, 0.2) is 59.7 Å². The molecule has 0 radical (unpaired) electrons. The zero-order chi connectivity index (χ0) is 21.9. The number of allylic oxidation sites excluding steroid dienone is 2. The summed E-state index contributed by atoms with van der Waals surface area (Å²) < 4.78 is 11.6. The van der Waals surface area contributed by atoms with Crippen molar-refractivity contribution in [1.82, 2.24) is 11.0 Å². The van der Waals surface area contributed by atoms with Crippen molar-refractivity contribution < 1.29 is 19.1 Å². The molecule has 0 aliphatic heterocycles. The number of hydrogen-bond donors (Lipinski definition) is 2. The predicted octanol–water partition coefficient (Wildman–Crippen LogP) is 4.95. The summed E-state index contributed by atoms with van der Waals surface area (Å²) in [5, 5.41) is 0. The van der Waals surface area contributed by atoms with Gasteiger partial charge in [-0.1, -0.05) is 11.1 Å². The van der Waals surface area contributed by atoms with Gasteiger partial charge in [0.1, 0.15) is 24.7 Å². The van der Waals surface area contributed by atoms with Crippen LogP contribution in [0.5, 0.6) is 11.5 Å². The van der Waals surface area contributed by atoms with Crippen molar-refractivity contribution in [3.05, 3.63) is 70.8 Å². The van der Waals surface area contributed by atoms with Gasteiger partial charge in [0.15, 0.2) is 0 Å². The number of ether oxygens (including phenoxy) is 2. The quantitative estimate of drug-likeness (QED) is 0.402. The zero-order valence-corrected chi connectivity index (χ0v) is 18.7. The van der Waals surface area contributed by atoms with Gasteiger partial charge in [-0.05, 0) is 76.2 Å². The Morgan fingerprint density at radius 2 is 0.933 bits per heavy atom. The standard InChI is InChI=1S/C24H32N2O4/c1-17(2)23(25-27-5)19-7-11-21(12-8-19)29-15-16-30-22-13-9-20(10-14-22)24(18(3)4)26-28-6/h7-14,25-26H,15-16H2,1-6H3. The van der Waals surface area contributed by atoms with Gasteiger partial charge in [-0.3, -0.25) is 20.6 Å². The highest BCUT2D eigenvalue weighted by Gasteiger charge is 2.05. The third-order valence-corrected chi connectivity index (χ3v) is 4.32. The first-order chi connectivity index (χ1) is 14.5. The fourth-order valence-electron chi connectivity index (χ4n) is 2.86. The van der Waals surface area contributed by atoms with Gasteiger partial charge in [0.05, 0.1) is 25.6 Å². The van der Waals surface area contributed by atoms with E-state index in [1.807, 2.05) is 76.2 Å². The molecule has 0 bridgehead atoms. The average Bonchev–Trinajstić information content (AvgIpc) is 2.74. The molecule has 0 atom stereocenters. The van der Waals surface area contributed by atoms with Crippen molar-refractivity contribution in [2.45, 2.75) is 27.7 Å². The highest BCUT2D eigenvalue weighted by Crippen LogP contribution is 2.21. The van der Waals surface area contributed by atoms with Crippen molar-refractivity contribution in [3.63, 3.8) is 0 Å². The summed E-state index contributed by atoms with van der Waals surface area (Å²) in [4.78, 5) is 10.1. The Bertz CT molecular complexity index is 774. The van der Waals surface area contributed by atoms with Crippen LogP contribution in [0.2, 0.25) is 0 Å². The van der Waals surface area contributed by atoms with E-state index in [2.05, 4.69) is 11.0 Å². The third kappa shape index (κ3) is 6.83. The summed E-state index contributed by atoms with van der Waals surface area (Å²) in [6.07, 6.45) is 0.